The molecule has 1 aromatic carbocycles. The number of likely N-dealkylation sites (tertiary alicyclic amines) is 1. The molecule has 0 aromatic heterocycles. The van der Waals surface area contributed by atoms with Crippen molar-refractivity contribution < 1.29 is 17.6 Å². The highest BCUT2D eigenvalue weighted by Crippen LogP contribution is 2.18. The fourth-order valence-corrected chi connectivity index (χ4v) is 3.02. The molecule has 1 aliphatic rings. The fraction of sp³-hybridized carbons (Fsp3) is 0.417. The first-order chi connectivity index (χ1) is 8.38. The molecule has 1 amide bonds. The van der Waals surface area contributed by atoms with Crippen LogP contribution in [0, 0.1) is 5.82 Å². The van der Waals surface area contributed by atoms with E-state index in [1.807, 2.05) is 0 Å². The molecule has 0 N–H and O–H groups in total. The molecule has 1 atom stereocenters. The van der Waals surface area contributed by atoms with Gasteiger partial charge in [-0.1, -0.05) is 0 Å². The van der Waals surface area contributed by atoms with Crippen LogP contribution in [0.1, 0.15) is 16.8 Å². The lowest BCUT2D eigenvalue weighted by molar-refractivity contribution is 0.0793. The minimum absolute atomic E-state index is 0.217. The molecule has 1 saturated heterocycles. The van der Waals surface area contributed by atoms with Crippen molar-refractivity contribution in [3.8, 4) is 0 Å². The predicted octanol–water partition coefficient (Wildman–Crippen LogP) is 1.08. The number of amides is 1. The molecule has 98 valence electrons. The molecule has 4 nitrogen and oxygen atoms in total. The summed E-state index contributed by atoms with van der Waals surface area (Å²) >= 11 is 0. The monoisotopic (exact) mass is 271 g/mol. The zero-order chi connectivity index (χ0) is 13.3. The van der Waals surface area contributed by atoms with E-state index in [9.17, 15) is 17.6 Å². The summed E-state index contributed by atoms with van der Waals surface area (Å²) in [6, 6.07) is 5.26. The first-order valence-electron chi connectivity index (χ1n) is 5.61. The van der Waals surface area contributed by atoms with Crippen molar-refractivity contribution in [1.82, 2.24) is 4.90 Å². The van der Waals surface area contributed by atoms with Gasteiger partial charge in [-0.3, -0.25) is 4.79 Å². The summed E-state index contributed by atoms with van der Waals surface area (Å²) in [5.41, 5.74) is 0.380. The van der Waals surface area contributed by atoms with Crippen LogP contribution in [-0.2, 0) is 9.84 Å². The molecule has 0 unspecified atom stereocenters. The maximum absolute atomic E-state index is 12.7. The molecule has 2 rings (SSSR count). The Morgan fingerprint density at radius 2 is 1.94 bits per heavy atom. The van der Waals surface area contributed by atoms with Gasteiger partial charge >= 0.3 is 0 Å². The Balaban J connectivity index is 2.10. The number of halogens is 1. The van der Waals surface area contributed by atoms with Crippen molar-refractivity contribution in [2.75, 3.05) is 19.3 Å². The number of carbonyl (C=O) groups is 1. The zero-order valence-electron chi connectivity index (χ0n) is 9.97. The van der Waals surface area contributed by atoms with Gasteiger partial charge < -0.3 is 4.90 Å². The second kappa shape index (κ2) is 4.68. The summed E-state index contributed by atoms with van der Waals surface area (Å²) in [5.74, 6) is -0.650. The Bertz CT molecular complexity index is 553. The number of benzene rings is 1. The Morgan fingerprint density at radius 1 is 1.33 bits per heavy atom. The number of sulfone groups is 1. The molecule has 0 spiro atoms. The van der Waals surface area contributed by atoms with Crippen molar-refractivity contribution in [2.24, 2.45) is 0 Å². The summed E-state index contributed by atoms with van der Waals surface area (Å²) in [7, 11) is -3.11. The topological polar surface area (TPSA) is 54.5 Å². The predicted molar refractivity (Wildman–Crippen MR) is 65.6 cm³/mol. The van der Waals surface area contributed by atoms with Gasteiger partial charge in [0.2, 0.25) is 0 Å². The molecule has 0 radical (unpaired) electrons. The van der Waals surface area contributed by atoms with Crippen LogP contribution < -0.4 is 0 Å². The molecule has 1 fully saturated rings. The standard InChI is InChI=1S/C12H14FNO3S/c1-18(16,17)11-6-7-14(8-11)12(15)9-2-4-10(13)5-3-9/h2-5,11H,6-8H2,1H3/t11-/m0/s1. The Morgan fingerprint density at radius 3 is 2.44 bits per heavy atom. The number of hydrogen-bond donors (Lipinski definition) is 0. The second-order valence-electron chi connectivity index (χ2n) is 4.50. The highest BCUT2D eigenvalue weighted by Gasteiger charge is 2.32. The van der Waals surface area contributed by atoms with Crippen molar-refractivity contribution >= 4 is 15.7 Å². The Kier molecular flexibility index (Phi) is 3.38. The van der Waals surface area contributed by atoms with E-state index >= 15 is 0 Å². The lowest BCUT2D eigenvalue weighted by Crippen LogP contribution is -2.31. The first-order valence-corrected chi connectivity index (χ1v) is 7.57. The van der Waals surface area contributed by atoms with Crippen LogP contribution in [0.3, 0.4) is 0 Å². The number of carbonyl (C=O) groups excluding carboxylic acids is 1. The lowest BCUT2D eigenvalue weighted by atomic mass is 10.2. The molecule has 0 bridgehead atoms. The van der Waals surface area contributed by atoms with Crippen LogP contribution in [0.5, 0.6) is 0 Å². The Labute approximate surface area is 105 Å². The summed E-state index contributed by atoms with van der Waals surface area (Å²) in [4.78, 5) is 13.5. The van der Waals surface area contributed by atoms with Crippen molar-refractivity contribution in [3.63, 3.8) is 0 Å². The van der Waals surface area contributed by atoms with E-state index in [0.29, 0.717) is 18.5 Å². The van der Waals surface area contributed by atoms with Gasteiger partial charge in [0, 0.05) is 24.9 Å². The average Bonchev–Trinajstić information content (AvgIpc) is 2.78. The molecule has 6 heteroatoms. The number of nitrogens with zero attached hydrogens (tertiary/aromatic N) is 1. The summed E-state index contributed by atoms with van der Waals surface area (Å²) < 4.78 is 35.5. The number of rotatable bonds is 2. The third-order valence-corrected chi connectivity index (χ3v) is 4.72. The van der Waals surface area contributed by atoms with Crippen LogP contribution in [0.25, 0.3) is 0 Å². The molecular formula is C12H14FNO3S. The molecule has 0 saturated carbocycles. The summed E-state index contributed by atoms with van der Waals surface area (Å²) in [6.07, 6.45) is 1.65. The first kappa shape index (κ1) is 13.0. The van der Waals surface area contributed by atoms with Crippen molar-refractivity contribution in [2.45, 2.75) is 11.7 Å². The second-order valence-corrected chi connectivity index (χ2v) is 6.82. The van der Waals surface area contributed by atoms with Gasteiger partial charge in [0.05, 0.1) is 5.25 Å². The largest absolute Gasteiger partial charge is 0.337 e. The molecule has 1 aliphatic heterocycles. The van der Waals surface area contributed by atoms with Crippen LogP contribution >= 0.6 is 0 Å². The molecule has 1 heterocycles. The van der Waals surface area contributed by atoms with Gasteiger partial charge in [-0.15, -0.1) is 0 Å². The minimum Gasteiger partial charge on any atom is -0.337 e. The van der Waals surface area contributed by atoms with Gasteiger partial charge in [-0.2, -0.15) is 0 Å². The summed E-state index contributed by atoms with van der Waals surface area (Å²) in [5, 5.41) is -0.484. The van der Waals surface area contributed by atoms with E-state index in [1.54, 1.807) is 0 Å². The lowest BCUT2D eigenvalue weighted by Gasteiger charge is -2.16. The van der Waals surface area contributed by atoms with E-state index < -0.39 is 20.9 Å². The average molecular weight is 271 g/mol. The van der Waals surface area contributed by atoms with Crippen LogP contribution in [0.15, 0.2) is 24.3 Å². The van der Waals surface area contributed by atoms with E-state index in [-0.39, 0.29) is 12.5 Å². The van der Waals surface area contributed by atoms with Gasteiger partial charge in [-0.05, 0) is 30.7 Å². The van der Waals surface area contributed by atoms with Crippen molar-refractivity contribution in [1.29, 1.82) is 0 Å². The third-order valence-electron chi connectivity index (χ3n) is 3.13. The van der Waals surface area contributed by atoms with Gasteiger partial charge in [0.25, 0.3) is 5.91 Å². The molecule has 18 heavy (non-hydrogen) atoms. The normalized spacial score (nSPS) is 20.1. The zero-order valence-corrected chi connectivity index (χ0v) is 10.8. The van der Waals surface area contributed by atoms with Crippen LogP contribution in [-0.4, -0.2) is 43.8 Å². The minimum atomic E-state index is -3.11. The van der Waals surface area contributed by atoms with Crippen molar-refractivity contribution in [3.05, 3.63) is 35.6 Å². The molecular weight excluding hydrogens is 257 g/mol. The highest BCUT2D eigenvalue weighted by molar-refractivity contribution is 7.91. The van der Waals surface area contributed by atoms with E-state index in [0.717, 1.165) is 0 Å². The van der Waals surface area contributed by atoms with Gasteiger partial charge in [0.15, 0.2) is 9.84 Å². The van der Waals surface area contributed by atoms with Gasteiger partial charge in [0.1, 0.15) is 5.82 Å². The van der Waals surface area contributed by atoms with E-state index in [2.05, 4.69) is 0 Å². The smallest absolute Gasteiger partial charge is 0.253 e. The molecule has 1 aromatic rings. The maximum atomic E-state index is 12.7. The maximum Gasteiger partial charge on any atom is 0.253 e. The quantitative estimate of drug-likeness (QED) is 0.809. The molecule has 0 aliphatic carbocycles. The fourth-order valence-electron chi connectivity index (χ4n) is 2.04. The number of hydrogen-bond acceptors (Lipinski definition) is 3. The third kappa shape index (κ3) is 2.69. The summed E-state index contributed by atoms with van der Waals surface area (Å²) in [6.45, 7) is 0.642. The van der Waals surface area contributed by atoms with E-state index in [4.69, 9.17) is 0 Å². The highest BCUT2D eigenvalue weighted by atomic mass is 32.2. The van der Waals surface area contributed by atoms with Gasteiger partial charge in [-0.25, -0.2) is 12.8 Å². The SMILES string of the molecule is CS(=O)(=O)[C@H]1CCN(C(=O)c2ccc(F)cc2)C1. The van der Waals surface area contributed by atoms with Crippen LogP contribution in [0.2, 0.25) is 0 Å². The van der Waals surface area contributed by atoms with Crippen LogP contribution in [0.4, 0.5) is 4.39 Å². The Hall–Kier alpha value is -1.43. The van der Waals surface area contributed by atoms with E-state index in [1.165, 1.54) is 35.4 Å².